The lowest BCUT2D eigenvalue weighted by molar-refractivity contribution is -0.133. The highest BCUT2D eigenvalue weighted by molar-refractivity contribution is 7.17. The Kier molecular flexibility index (Phi) is 7.76. The van der Waals surface area contributed by atoms with Crippen molar-refractivity contribution in [3.63, 3.8) is 0 Å². The van der Waals surface area contributed by atoms with Gasteiger partial charge in [0.2, 0.25) is 0 Å². The Bertz CT molecular complexity index is 1200. The third kappa shape index (κ3) is 6.19. The average molecular weight is 548 g/mol. The fourth-order valence-corrected chi connectivity index (χ4v) is 5.31. The molecule has 35 heavy (non-hydrogen) atoms. The van der Waals surface area contributed by atoms with Gasteiger partial charge >= 0.3 is 6.18 Å². The number of rotatable bonds is 7. The number of aliphatic hydroxyl groups is 1. The van der Waals surface area contributed by atoms with Gasteiger partial charge < -0.3 is 20.6 Å². The normalized spacial score (nSPS) is 14.9. The molecule has 3 N–H and O–H groups in total. The number of hydrogen-bond acceptors (Lipinski definition) is 10. The molecule has 0 aromatic carbocycles. The van der Waals surface area contributed by atoms with Gasteiger partial charge in [-0.1, -0.05) is 22.9 Å². The number of anilines is 4. The molecule has 3 aromatic heterocycles. The monoisotopic (exact) mass is 547 g/mol. The molecular formula is C20H21ClF3N7O2S2. The van der Waals surface area contributed by atoms with E-state index in [9.17, 15) is 18.0 Å². The van der Waals surface area contributed by atoms with Crippen molar-refractivity contribution >= 4 is 62.6 Å². The van der Waals surface area contributed by atoms with Crippen LogP contribution in [0.4, 0.5) is 35.6 Å². The number of thiophene rings is 1. The van der Waals surface area contributed by atoms with Gasteiger partial charge in [-0.05, 0) is 6.92 Å². The van der Waals surface area contributed by atoms with Crippen LogP contribution in [0, 0.1) is 6.92 Å². The van der Waals surface area contributed by atoms with E-state index in [1.165, 1.54) is 6.20 Å². The van der Waals surface area contributed by atoms with Crippen LogP contribution in [0.5, 0.6) is 0 Å². The molecule has 15 heteroatoms. The summed E-state index contributed by atoms with van der Waals surface area (Å²) in [6.07, 6.45) is -3.36. The molecule has 1 amide bonds. The second-order valence-corrected chi connectivity index (χ2v) is 9.92. The van der Waals surface area contributed by atoms with Crippen LogP contribution in [0.25, 0.3) is 0 Å². The number of aryl methyl sites for hydroxylation is 1. The van der Waals surface area contributed by atoms with E-state index >= 15 is 0 Å². The van der Waals surface area contributed by atoms with Gasteiger partial charge in [0.1, 0.15) is 27.2 Å². The molecular weight excluding hydrogens is 527 g/mol. The Hall–Kier alpha value is -2.52. The average Bonchev–Trinajstić information content (AvgIpc) is 3.41. The van der Waals surface area contributed by atoms with Gasteiger partial charge in [-0.2, -0.15) is 13.2 Å². The Morgan fingerprint density at radius 1 is 1.26 bits per heavy atom. The van der Waals surface area contributed by atoms with Crippen LogP contribution in [-0.4, -0.2) is 70.2 Å². The largest absolute Gasteiger partial charge is 0.427 e. The first kappa shape index (κ1) is 25.6. The minimum atomic E-state index is -4.63. The Labute approximate surface area is 211 Å². The van der Waals surface area contributed by atoms with Gasteiger partial charge in [-0.25, -0.2) is 15.0 Å². The van der Waals surface area contributed by atoms with Gasteiger partial charge in [0.15, 0.2) is 5.13 Å². The van der Waals surface area contributed by atoms with Crippen LogP contribution in [-0.2, 0) is 6.18 Å². The summed E-state index contributed by atoms with van der Waals surface area (Å²) < 4.78 is 39.5. The zero-order valence-corrected chi connectivity index (χ0v) is 20.8. The van der Waals surface area contributed by atoms with Crippen LogP contribution in [0.2, 0.25) is 5.02 Å². The van der Waals surface area contributed by atoms with Gasteiger partial charge in [0.05, 0.1) is 23.5 Å². The highest BCUT2D eigenvalue weighted by atomic mass is 35.5. The SMILES string of the molecule is Cc1nc(Nc2ncc(C(=O)Nc3c(Cl)csc3C(F)(F)F)s2)cc(N2CCN(CCO)CC2)n1. The quantitative estimate of drug-likeness (QED) is 0.406. The summed E-state index contributed by atoms with van der Waals surface area (Å²) in [5, 5.41) is 15.7. The molecule has 0 aliphatic carbocycles. The Morgan fingerprint density at radius 2 is 2.00 bits per heavy atom. The predicted octanol–water partition coefficient (Wildman–Crippen LogP) is 4.09. The maximum absolute atomic E-state index is 13.2. The van der Waals surface area contributed by atoms with E-state index in [0.29, 0.717) is 34.7 Å². The van der Waals surface area contributed by atoms with E-state index < -0.39 is 22.6 Å². The van der Waals surface area contributed by atoms with Gasteiger partial charge in [0, 0.05) is 44.2 Å². The lowest BCUT2D eigenvalue weighted by Crippen LogP contribution is -2.47. The van der Waals surface area contributed by atoms with Crippen LogP contribution < -0.4 is 15.5 Å². The van der Waals surface area contributed by atoms with Gasteiger partial charge in [-0.15, -0.1) is 11.3 Å². The molecule has 3 aromatic rings. The molecule has 0 spiro atoms. The lowest BCUT2D eigenvalue weighted by Gasteiger charge is -2.35. The van der Waals surface area contributed by atoms with E-state index in [1.54, 1.807) is 13.0 Å². The number of carbonyl (C=O) groups is 1. The number of carbonyl (C=O) groups excluding carboxylic acids is 1. The first-order valence-corrected chi connectivity index (χ1v) is 12.5. The Morgan fingerprint density at radius 3 is 2.69 bits per heavy atom. The number of alkyl halides is 3. The molecule has 0 saturated carbocycles. The number of β-amino-alcohol motifs (C(OH)–C–C–N with tert-alkyl or cyclic N) is 1. The predicted molar refractivity (Wildman–Crippen MR) is 130 cm³/mol. The fourth-order valence-electron chi connectivity index (χ4n) is 3.50. The molecule has 0 unspecified atom stereocenters. The zero-order valence-electron chi connectivity index (χ0n) is 18.4. The van der Waals surface area contributed by atoms with Crippen LogP contribution in [0.15, 0.2) is 17.6 Å². The van der Waals surface area contributed by atoms with Crippen LogP contribution in [0.3, 0.4) is 0 Å². The minimum absolute atomic E-state index is 0.105. The maximum Gasteiger partial charge on any atom is 0.427 e. The van der Waals surface area contributed by atoms with Crippen molar-refractivity contribution in [3.05, 3.63) is 38.2 Å². The van der Waals surface area contributed by atoms with Crippen LogP contribution in [0.1, 0.15) is 20.4 Å². The number of nitrogens with zero attached hydrogens (tertiary/aromatic N) is 5. The number of halogens is 4. The Balaban J connectivity index is 1.44. The van der Waals surface area contributed by atoms with E-state index in [2.05, 4.69) is 35.4 Å². The molecule has 4 heterocycles. The topological polar surface area (TPSA) is 107 Å². The first-order valence-electron chi connectivity index (χ1n) is 10.5. The van der Waals surface area contributed by atoms with E-state index in [0.717, 1.165) is 48.7 Å². The molecule has 0 radical (unpaired) electrons. The van der Waals surface area contributed by atoms with E-state index in [1.807, 2.05) is 0 Å². The summed E-state index contributed by atoms with van der Waals surface area (Å²) in [5.74, 6) is 1.02. The minimum Gasteiger partial charge on any atom is -0.395 e. The lowest BCUT2D eigenvalue weighted by atomic mass is 10.3. The van der Waals surface area contributed by atoms with Crippen molar-refractivity contribution in [2.75, 3.05) is 54.9 Å². The number of thiazole rings is 1. The van der Waals surface area contributed by atoms with Crippen molar-refractivity contribution in [2.45, 2.75) is 13.1 Å². The van der Waals surface area contributed by atoms with Crippen molar-refractivity contribution in [2.24, 2.45) is 0 Å². The second-order valence-electron chi connectivity index (χ2n) is 7.61. The van der Waals surface area contributed by atoms with Crippen molar-refractivity contribution in [1.82, 2.24) is 19.9 Å². The molecule has 9 nitrogen and oxygen atoms in total. The number of piperazine rings is 1. The fraction of sp³-hybridized carbons (Fsp3) is 0.400. The molecule has 1 aliphatic heterocycles. The van der Waals surface area contributed by atoms with E-state index in [4.69, 9.17) is 16.7 Å². The number of nitrogens with one attached hydrogen (secondary N) is 2. The highest BCUT2D eigenvalue weighted by Crippen LogP contribution is 2.43. The molecule has 1 aliphatic rings. The van der Waals surface area contributed by atoms with Crippen molar-refractivity contribution in [3.8, 4) is 0 Å². The summed E-state index contributed by atoms with van der Waals surface area (Å²) in [7, 11) is 0. The second kappa shape index (κ2) is 10.6. The van der Waals surface area contributed by atoms with Crippen molar-refractivity contribution in [1.29, 1.82) is 0 Å². The zero-order chi connectivity index (χ0) is 25.2. The molecule has 0 bridgehead atoms. The molecule has 1 saturated heterocycles. The summed E-state index contributed by atoms with van der Waals surface area (Å²) in [4.78, 5) is 29.0. The van der Waals surface area contributed by atoms with E-state index in [-0.39, 0.29) is 16.5 Å². The third-order valence-electron chi connectivity index (χ3n) is 5.14. The first-order chi connectivity index (χ1) is 16.6. The molecule has 4 rings (SSSR count). The number of hydrogen-bond donors (Lipinski definition) is 3. The van der Waals surface area contributed by atoms with Crippen molar-refractivity contribution < 1.29 is 23.1 Å². The smallest absolute Gasteiger partial charge is 0.395 e. The summed E-state index contributed by atoms with van der Waals surface area (Å²) in [5.41, 5.74) is -0.466. The number of aliphatic hydroxyl groups excluding tert-OH is 1. The van der Waals surface area contributed by atoms with Gasteiger partial charge in [-0.3, -0.25) is 9.69 Å². The molecule has 188 valence electrons. The number of aromatic nitrogens is 3. The summed E-state index contributed by atoms with van der Waals surface area (Å²) in [6, 6.07) is 1.77. The standard InChI is InChI=1S/C20H21ClF3N7O2S2/c1-11-26-14(8-15(27-11)31-4-2-30(3-5-31)6-7-32)28-19-25-9-13(35-19)18(33)29-16-12(21)10-34-17(16)20(22,23)24/h8-10,32H,2-7H2,1H3,(H,29,33)(H,25,26,27,28). The third-order valence-corrected chi connectivity index (χ3v) is 7.51. The summed E-state index contributed by atoms with van der Waals surface area (Å²) >= 11 is 7.24. The highest BCUT2D eigenvalue weighted by Gasteiger charge is 2.37. The molecule has 0 atom stereocenters. The van der Waals surface area contributed by atoms with Crippen LogP contribution >= 0.6 is 34.3 Å². The summed E-state index contributed by atoms with van der Waals surface area (Å²) in [6.45, 7) is 5.65. The maximum atomic E-state index is 13.2. The van der Waals surface area contributed by atoms with Gasteiger partial charge in [0.25, 0.3) is 5.91 Å². The molecule has 1 fully saturated rings. The number of amides is 1.